The van der Waals surface area contributed by atoms with Crippen LogP contribution in [0.4, 0.5) is 0 Å². The van der Waals surface area contributed by atoms with Gasteiger partial charge in [-0.3, -0.25) is 14.5 Å². The molecule has 2 atom stereocenters. The topological polar surface area (TPSA) is 79.0 Å². The lowest BCUT2D eigenvalue weighted by Crippen LogP contribution is -2.58. The van der Waals surface area contributed by atoms with Crippen LogP contribution in [0, 0.1) is 5.41 Å². The minimum Gasteiger partial charge on any atom is -0.463 e. The SMILES string of the molecule is CCOC(=O)/C(C)=C/CN(C)C(=O)C(NC(=O)C1CCCCN1CC)C(C)(C)C. The van der Waals surface area contributed by atoms with Crippen LogP contribution in [-0.4, -0.2) is 73.0 Å². The number of carbonyl (C=O) groups is 3. The van der Waals surface area contributed by atoms with E-state index in [1.165, 1.54) is 4.90 Å². The molecule has 7 heteroatoms. The van der Waals surface area contributed by atoms with Crippen LogP contribution in [0.3, 0.4) is 0 Å². The van der Waals surface area contributed by atoms with Gasteiger partial charge >= 0.3 is 5.97 Å². The van der Waals surface area contributed by atoms with Crippen molar-refractivity contribution in [3.05, 3.63) is 11.6 Å². The summed E-state index contributed by atoms with van der Waals surface area (Å²) in [7, 11) is 1.68. The summed E-state index contributed by atoms with van der Waals surface area (Å²) in [5, 5.41) is 3.02. The van der Waals surface area contributed by atoms with Crippen molar-refractivity contribution in [1.82, 2.24) is 15.1 Å². The lowest BCUT2D eigenvalue weighted by atomic mass is 9.85. The first kappa shape index (κ1) is 25.1. The quantitative estimate of drug-likeness (QED) is 0.492. The molecule has 0 saturated carbocycles. The number of hydrogen-bond donors (Lipinski definition) is 1. The highest BCUT2D eigenvalue weighted by Gasteiger charge is 2.37. The number of likely N-dealkylation sites (tertiary alicyclic amines) is 1. The maximum Gasteiger partial charge on any atom is 0.333 e. The number of piperidine rings is 1. The molecule has 0 aliphatic carbocycles. The fourth-order valence-corrected chi connectivity index (χ4v) is 3.47. The van der Waals surface area contributed by atoms with Crippen molar-refractivity contribution in [3.8, 4) is 0 Å². The third-order valence-corrected chi connectivity index (χ3v) is 5.37. The Morgan fingerprint density at radius 3 is 2.45 bits per heavy atom. The first-order chi connectivity index (χ1) is 13.5. The van der Waals surface area contributed by atoms with Crippen molar-refractivity contribution in [2.45, 2.75) is 72.9 Å². The summed E-state index contributed by atoms with van der Waals surface area (Å²) in [4.78, 5) is 41.6. The van der Waals surface area contributed by atoms with Crippen molar-refractivity contribution in [2.24, 2.45) is 5.41 Å². The highest BCUT2D eigenvalue weighted by molar-refractivity contribution is 5.91. The Kier molecular flexibility index (Phi) is 9.83. The molecule has 1 heterocycles. The van der Waals surface area contributed by atoms with Crippen LogP contribution in [0.5, 0.6) is 0 Å². The fourth-order valence-electron chi connectivity index (χ4n) is 3.47. The molecule has 2 unspecified atom stereocenters. The van der Waals surface area contributed by atoms with Gasteiger partial charge in [-0.05, 0) is 45.2 Å². The second-order valence-electron chi connectivity index (χ2n) is 8.77. The van der Waals surface area contributed by atoms with Crippen molar-refractivity contribution in [2.75, 3.05) is 33.3 Å². The molecular weight excluding hydrogens is 370 g/mol. The monoisotopic (exact) mass is 409 g/mol. The Bertz CT molecular complexity index is 610. The van der Waals surface area contributed by atoms with E-state index in [-0.39, 0.29) is 30.4 Å². The smallest absolute Gasteiger partial charge is 0.333 e. The largest absolute Gasteiger partial charge is 0.463 e. The number of carbonyl (C=O) groups excluding carboxylic acids is 3. The molecule has 2 amide bonds. The zero-order valence-corrected chi connectivity index (χ0v) is 19.2. The average Bonchev–Trinajstić information content (AvgIpc) is 2.68. The maximum atomic E-state index is 13.1. The predicted molar refractivity (Wildman–Crippen MR) is 114 cm³/mol. The Morgan fingerprint density at radius 2 is 1.90 bits per heavy atom. The molecule has 166 valence electrons. The van der Waals surface area contributed by atoms with Gasteiger partial charge in [-0.15, -0.1) is 0 Å². The summed E-state index contributed by atoms with van der Waals surface area (Å²) in [5.74, 6) is -0.630. The van der Waals surface area contributed by atoms with E-state index >= 15 is 0 Å². The van der Waals surface area contributed by atoms with Gasteiger partial charge in [0.15, 0.2) is 0 Å². The van der Waals surface area contributed by atoms with Gasteiger partial charge in [-0.1, -0.05) is 40.2 Å². The molecule has 29 heavy (non-hydrogen) atoms. The summed E-state index contributed by atoms with van der Waals surface area (Å²) in [6, 6.07) is -0.820. The number of hydrogen-bond acceptors (Lipinski definition) is 5. The second kappa shape index (κ2) is 11.3. The van der Waals surface area contributed by atoms with E-state index in [1.54, 1.807) is 27.0 Å². The van der Waals surface area contributed by atoms with E-state index < -0.39 is 11.5 Å². The van der Waals surface area contributed by atoms with Crippen LogP contribution >= 0.6 is 0 Å². The lowest BCUT2D eigenvalue weighted by molar-refractivity contribution is -0.140. The van der Waals surface area contributed by atoms with E-state index in [1.807, 2.05) is 20.8 Å². The third-order valence-electron chi connectivity index (χ3n) is 5.37. The average molecular weight is 410 g/mol. The van der Waals surface area contributed by atoms with Crippen molar-refractivity contribution in [1.29, 1.82) is 0 Å². The van der Waals surface area contributed by atoms with Gasteiger partial charge in [0.25, 0.3) is 0 Å². The lowest BCUT2D eigenvalue weighted by Gasteiger charge is -2.38. The molecule has 0 spiro atoms. The van der Waals surface area contributed by atoms with Crippen LogP contribution in [0.25, 0.3) is 0 Å². The van der Waals surface area contributed by atoms with Crippen LogP contribution < -0.4 is 5.32 Å². The van der Waals surface area contributed by atoms with Crippen molar-refractivity contribution >= 4 is 17.8 Å². The Balaban J connectivity index is 2.86. The normalized spacial score (nSPS) is 19.4. The Morgan fingerprint density at radius 1 is 1.24 bits per heavy atom. The highest BCUT2D eigenvalue weighted by atomic mass is 16.5. The molecule has 7 nitrogen and oxygen atoms in total. The minimum absolute atomic E-state index is 0.0773. The molecule has 0 aromatic heterocycles. The summed E-state index contributed by atoms with van der Waals surface area (Å²) < 4.78 is 4.97. The maximum absolute atomic E-state index is 13.1. The Labute approximate surface area is 175 Å². The van der Waals surface area contributed by atoms with Crippen LogP contribution in [0.2, 0.25) is 0 Å². The molecule has 1 saturated heterocycles. The van der Waals surface area contributed by atoms with Gasteiger partial charge in [0, 0.05) is 19.2 Å². The van der Waals surface area contributed by atoms with Crippen molar-refractivity contribution in [3.63, 3.8) is 0 Å². The number of nitrogens with zero attached hydrogens (tertiary/aromatic N) is 2. The standard InChI is InChI=1S/C22H39N3O4/c1-8-25-14-11-10-12-17(25)19(26)23-18(22(4,5)6)20(27)24(7)15-13-16(3)21(28)29-9-2/h13,17-18H,8-12,14-15H2,1-7H3,(H,23,26)/b16-13+. The number of likely N-dealkylation sites (N-methyl/N-ethyl adjacent to an activating group) is 2. The summed E-state index contributed by atoms with van der Waals surface area (Å²) in [5.41, 5.74) is 0.0238. The summed E-state index contributed by atoms with van der Waals surface area (Å²) in [6.45, 7) is 13.6. The van der Waals surface area contributed by atoms with E-state index in [0.29, 0.717) is 12.2 Å². The highest BCUT2D eigenvalue weighted by Crippen LogP contribution is 2.23. The zero-order chi connectivity index (χ0) is 22.2. The minimum atomic E-state index is -0.642. The van der Waals surface area contributed by atoms with E-state index in [9.17, 15) is 14.4 Å². The van der Waals surface area contributed by atoms with Gasteiger partial charge in [0.2, 0.25) is 11.8 Å². The van der Waals surface area contributed by atoms with E-state index in [4.69, 9.17) is 4.74 Å². The molecule has 0 radical (unpaired) electrons. The number of amides is 2. The molecule has 1 rings (SSSR count). The molecule has 0 aromatic carbocycles. The number of ether oxygens (including phenoxy) is 1. The summed E-state index contributed by atoms with van der Waals surface area (Å²) in [6.07, 6.45) is 4.63. The molecule has 1 N–H and O–H groups in total. The van der Waals surface area contributed by atoms with Gasteiger partial charge in [-0.2, -0.15) is 0 Å². The van der Waals surface area contributed by atoms with Crippen molar-refractivity contribution < 1.29 is 19.1 Å². The number of rotatable bonds is 8. The molecule has 0 aromatic rings. The molecule has 1 aliphatic heterocycles. The van der Waals surface area contributed by atoms with Gasteiger partial charge in [0.05, 0.1) is 12.6 Å². The van der Waals surface area contributed by atoms with E-state index in [0.717, 1.165) is 32.4 Å². The van der Waals surface area contributed by atoms with Gasteiger partial charge in [-0.25, -0.2) is 4.79 Å². The first-order valence-corrected chi connectivity index (χ1v) is 10.7. The second-order valence-corrected chi connectivity index (χ2v) is 8.77. The molecular formula is C22H39N3O4. The first-order valence-electron chi connectivity index (χ1n) is 10.7. The van der Waals surface area contributed by atoms with Crippen LogP contribution in [0.15, 0.2) is 11.6 Å². The predicted octanol–water partition coefficient (Wildman–Crippen LogP) is 2.36. The zero-order valence-electron chi connectivity index (χ0n) is 19.2. The van der Waals surface area contributed by atoms with E-state index in [2.05, 4.69) is 17.1 Å². The summed E-state index contributed by atoms with van der Waals surface area (Å²) >= 11 is 0. The van der Waals surface area contributed by atoms with Gasteiger partial charge in [0.1, 0.15) is 6.04 Å². The number of nitrogens with one attached hydrogen (secondary N) is 1. The molecule has 1 aliphatic rings. The molecule has 1 fully saturated rings. The third kappa shape index (κ3) is 7.46. The van der Waals surface area contributed by atoms with Crippen LogP contribution in [-0.2, 0) is 19.1 Å². The fraction of sp³-hybridized carbons (Fsp3) is 0.773. The molecule has 0 bridgehead atoms. The number of esters is 1. The Hall–Kier alpha value is -1.89. The van der Waals surface area contributed by atoms with Gasteiger partial charge < -0.3 is 15.0 Å². The van der Waals surface area contributed by atoms with Crippen LogP contribution in [0.1, 0.15) is 60.8 Å².